The predicted molar refractivity (Wildman–Crippen MR) is 9.83 cm³/mol. The molecule has 0 heterocycles. The monoisotopic (exact) mass is 256 g/mol. The third kappa shape index (κ3) is 16.0. The van der Waals surface area contributed by atoms with Gasteiger partial charge in [-0.3, -0.25) is 0 Å². The molecule has 0 rings (SSSR count). The molecular formula is HO2OsP. The van der Waals surface area contributed by atoms with Crippen LogP contribution in [0.15, 0.2) is 0 Å². The van der Waals surface area contributed by atoms with Crippen LogP contribution >= 0.6 is 8.69 Å². The fourth-order valence-electron chi connectivity index (χ4n) is 0. The van der Waals surface area contributed by atoms with Crippen molar-refractivity contribution in [1.82, 2.24) is 0 Å². The summed E-state index contributed by atoms with van der Waals surface area (Å²) in [6, 6.07) is 0. The first-order chi connectivity index (χ1) is 1.41. The van der Waals surface area contributed by atoms with Crippen molar-refractivity contribution in [3.63, 3.8) is 0 Å². The summed E-state index contributed by atoms with van der Waals surface area (Å²) in [7, 11) is -0.833. The molecule has 0 fully saturated rings. The molecule has 0 aliphatic carbocycles. The van der Waals surface area contributed by atoms with Crippen LogP contribution in [-0.4, -0.2) is 4.89 Å². The molecule has 0 atom stereocenters. The van der Waals surface area contributed by atoms with Crippen LogP contribution < -0.4 is 0 Å². The maximum absolute atomic E-state index is 8.46. The maximum atomic E-state index is 8.46. The van der Waals surface area contributed by atoms with Crippen LogP contribution in [-0.2, 0) is 24.4 Å². The van der Waals surface area contributed by atoms with E-state index in [0.29, 0.717) is 0 Å². The van der Waals surface area contributed by atoms with Gasteiger partial charge in [-0.15, -0.1) is 0 Å². The normalized spacial score (nSPS) is 5.25. The second kappa shape index (κ2) is 9.34. The molecular weight excluding hydrogens is 253 g/mol. The SMILES string of the molecule is O=PO.[Os]. The van der Waals surface area contributed by atoms with Gasteiger partial charge in [-0.05, 0) is 0 Å². The molecule has 0 saturated carbocycles. The Balaban J connectivity index is 0. The Morgan fingerprint density at radius 3 is 1.75 bits per heavy atom. The van der Waals surface area contributed by atoms with E-state index in [4.69, 9.17) is 9.46 Å². The fraction of sp³-hybridized carbons (Fsp3) is 0. The van der Waals surface area contributed by atoms with Crippen LogP contribution in [0.2, 0.25) is 0 Å². The van der Waals surface area contributed by atoms with E-state index in [1.165, 1.54) is 0 Å². The number of hydrogen-bond donors (Lipinski definition) is 1. The predicted octanol–water partition coefficient (Wildman–Crippen LogP) is 0.183. The Morgan fingerprint density at radius 1 is 1.75 bits per heavy atom. The van der Waals surface area contributed by atoms with Gasteiger partial charge in [-0.1, -0.05) is 0 Å². The zero-order chi connectivity index (χ0) is 2.71. The Hall–Kier alpha value is 0.696. The average Bonchev–Trinajstić information content (AvgIpc) is 0.918. The maximum Gasteiger partial charge on any atom is 0.324 e. The van der Waals surface area contributed by atoms with Crippen molar-refractivity contribution in [3.05, 3.63) is 0 Å². The molecule has 0 bridgehead atoms. The minimum absolute atomic E-state index is 0. The minimum Gasteiger partial charge on any atom is -0.310 e. The molecule has 4 heteroatoms. The molecule has 0 aromatic carbocycles. The molecule has 0 unspecified atom stereocenters. The summed E-state index contributed by atoms with van der Waals surface area (Å²) in [4.78, 5) is 6.99. The van der Waals surface area contributed by atoms with Crippen LogP contribution in [0.1, 0.15) is 0 Å². The first-order valence-electron chi connectivity index (χ1n) is 0.383. The summed E-state index contributed by atoms with van der Waals surface area (Å²) in [6.07, 6.45) is 0. The molecule has 4 heavy (non-hydrogen) atoms. The first-order valence-corrected chi connectivity index (χ1v) is 1.15. The quantitative estimate of drug-likeness (QED) is 0.626. The van der Waals surface area contributed by atoms with E-state index in [1.807, 2.05) is 0 Å². The van der Waals surface area contributed by atoms with Crippen molar-refractivity contribution in [1.29, 1.82) is 0 Å². The first kappa shape index (κ1) is 8.83. The standard InChI is InChI=1S/HO2P.Os/c1-3-2;/h(H,1,2);. The summed E-state index contributed by atoms with van der Waals surface area (Å²) in [5.74, 6) is 0. The van der Waals surface area contributed by atoms with Gasteiger partial charge in [0.25, 0.3) is 0 Å². The fourth-order valence-corrected chi connectivity index (χ4v) is 0. The second-order valence-electron chi connectivity index (χ2n) is 0.0816. The van der Waals surface area contributed by atoms with E-state index < -0.39 is 8.69 Å². The van der Waals surface area contributed by atoms with Crippen molar-refractivity contribution < 1.29 is 29.2 Å². The average molecular weight is 254 g/mol. The van der Waals surface area contributed by atoms with Gasteiger partial charge in [-0.25, -0.2) is 4.57 Å². The van der Waals surface area contributed by atoms with Gasteiger partial charge in [0, 0.05) is 19.8 Å². The molecule has 0 amide bonds. The summed E-state index contributed by atoms with van der Waals surface area (Å²) < 4.78 is 8.46. The van der Waals surface area contributed by atoms with Gasteiger partial charge in [0.15, 0.2) is 0 Å². The van der Waals surface area contributed by atoms with Crippen LogP contribution in [0.3, 0.4) is 0 Å². The van der Waals surface area contributed by atoms with Crippen LogP contribution in [0.25, 0.3) is 0 Å². The number of hydrogen-bond acceptors (Lipinski definition) is 1. The van der Waals surface area contributed by atoms with E-state index in [9.17, 15) is 0 Å². The molecule has 2 nitrogen and oxygen atoms in total. The molecule has 0 radical (unpaired) electrons. The van der Waals surface area contributed by atoms with Crippen molar-refractivity contribution in [2.45, 2.75) is 0 Å². The molecule has 0 aromatic heterocycles. The molecule has 26 valence electrons. The second-order valence-corrected chi connectivity index (χ2v) is 0.245. The van der Waals surface area contributed by atoms with Gasteiger partial charge in [0.1, 0.15) is 0 Å². The summed E-state index contributed by atoms with van der Waals surface area (Å²) in [6.45, 7) is 0. The Labute approximate surface area is 38.6 Å². The van der Waals surface area contributed by atoms with E-state index in [-0.39, 0.29) is 19.8 Å². The summed E-state index contributed by atoms with van der Waals surface area (Å²) >= 11 is 0. The van der Waals surface area contributed by atoms with Gasteiger partial charge in [0.2, 0.25) is 0 Å². The van der Waals surface area contributed by atoms with Gasteiger partial charge in [0.05, 0.1) is 0 Å². The molecule has 1 N–H and O–H groups in total. The van der Waals surface area contributed by atoms with Crippen LogP contribution in [0.5, 0.6) is 0 Å². The zero-order valence-electron chi connectivity index (χ0n) is 1.66. The third-order valence-electron chi connectivity index (χ3n) is 0. The Morgan fingerprint density at radius 2 is 1.75 bits per heavy atom. The molecule has 0 spiro atoms. The summed E-state index contributed by atoms with van der Waals surface area (Å²) in [5, 5.41) is 0. The molecule has 0 aliphatic rings. The Bertz CT molecular complexity index is 13.5. The third-order valence-corrected chi connectivity index (χ3v) is 0. The van der Waals surface area contributed by atoms with Gasteiger partial charge >= 0.3 is 8.69 Å². The van der Waals surface area contributed by atoms with E-state index in [2.05, 4.69) is 0 Å². The Kier molecular flexibility index (Phi) is 20.6. The number of rotatable bonds is 0. The largest absolute Gasteiger partial charge is 0.324 e. The molecule has 0 aliphatic heterocycles. The van der Waals surface area contributed by atoms with E-state index in [0.717, 1.165) is 0 Å². The minimum atomic E-state index is -0.833. The van der Waals surface area contributed by atoms with Crippen LogP contribution in [0.4, 0.5) is 0 Å². The van der Waals surface area contributed by atoms with Gasteiger partial charge in [-0.2, -0.15) is 0 Å². The zero-order valence-corrected chi connectivity index (χ0v) is 5.09. The van der Waals surface area contributed by atoms with Gasteiger partial charge < -0.3 is 4.89 Å². The topological polar surface area (TPSA) is 37.3 Å². The van der Waals surface area contributed by atoms with Crippen molar-refractivity contribution in [3.8, 4) is 0 Å². The summed E-state index contributed by atoms with van der Waals surface area (Å²) in [5.41, 5.74) is 0. The van der Waals surface area contributed by atoms with Crippen LogP contribution in [0, 0.1) is 0 Å². The van der Waals surface area contributed by atoms with Crippen molar-refractivity contribution >= 4 is 8.69 Å². The van der Waals surface area contributed by atoms with E-state index >= 15 is 0 Å². The molecule has 0 saturated heterocycles. The van der Waals surface area contributed by atoms with Crippen molar-refractivity contribution in [2.24, 2.45) is 0 Å². The smallest absolute Gasteiger partial charge is 0.310 e. The van der Waals surface area contributed by atoms with Crippen molar-refractivity contribution in [2.75, 3.05) is 0 Å². The van der Waals surface area contributed by atoms with E-state index in [1.54, 1.807) is 0 Å². The molecule has 0 aromatic rings.